The second-order valence-corrected chi connectivity index (χ2v) is 14.9. The van der Waals surface area contributed by atoms with Gasteiger partial charge in [-0.3, -0.25) is 14.1 Å². The molecular formula is C24H26N4O6S3. The van der Waals surface area contributed by atoms with Crippen molar-refractivity contribution in [2.75, 3.05) is 11.5 Å². The molecular weight excluding hydrogens is 536 g/mol. The van der Waals surface area contributed by atoms with Gasteiger partial charge >= 0.3 is 0 Å². The van der Waals surface area contributed by atoms with Gasteiger partial charge in [-0.05, 0) is 56.2 Å². The fourth-order valence-electron chi connectivity index (χ4n) is 4.44. The third kappa shape index (κ3) is 5.02. The van der Waals surface area contributed by atoms with Crippen LogP contribution in [0.2, 0.25) is 0 Å². The van der Waals surface area contributed by atoms with E-state index in [0.717, 1.165) is 0 Å². The van der Waals surface area contributed by atoms with Crippen molar-refractivity contribution in [3.05, 3.63) is 72.7 Å². The maximum atomic E-state index is 13.3. The van der Waals surface area contributed by atoms with Crippen LogP contribution >= 0.6 is 10.6 Å². The van der Waals surface area contributed by atoms with Crippen molar-refractivity contribution in [1.29, 1.82) is 0 Å². The Morgan fingerprint density at radius 2 is 1.65 bits per heavy atom. The first-order valence-corrected chi connectivity index (χ1v) is 16.3. The van der Waals surface area contributed by atoms with Gasteiger partial charge in [-0.25, -0.2) is 30.5 Å². The number of hydrogen-bond acceptors (Lipinski definition) is 8. The molecule has 0 unspecified atom stereocenters. The lowest BCUT2D eigenvalue weighted by Gasteiger charge is -2.39. The molecule has 10 nitrogen and oxygen atoms in total. The molecule has 0 aliphatic carbocycles. The number of nitrogens with one attached hydrogen (secondary N) is 1. The van der Waals surface area contributed by atoms with E-state index in [1.165, 1.54) is 34.6 Å². The normalized spacial score (nSPS) is 17.6. The van der Waals surface area contributed by atoms with Crippen LogP contribution < -0.4 is 4.72 Å². The van der Waals surface area contributed by atoms with E-state index in [1.54, 1.807) is 43.3 Å². The summed E-state index contributed by atoms with van der Waals surface area (Å²) in [6.45, 7) is 1.69. The molecule has 1 aromatic carbocycles. The van der Waals surface area contributed by atoms with E-state index < -0.39 is 30.6 Å². The summed E-state index contributed by atoms with van der Waals surface area (Å²) in [5, 5.41) is 0.571. The van der Waals surface area contributed by atoms with Gasteiger partial charge in [-0.2, -0.15) is 10.6 Å². The first-order valence-electron chi connectivity index (χ1n) is 11.5. The monoisotopic (exact) mass is 562 g/mol. The number of hydrogen-bond donors (Lipinski definition) is 3. The Morgan fingerprint density at radius 3 is 2.30 bits per heavy atom. The average molecular weight is 563 g/mol. The zero-order valence-corrected chi connectivity index (χ0v) is 22.3. The quantitative estimate of drug-likeness (QED) is 0.321. The Bertz CT molecular complexity index is 1660. The van der Waals surface area contributed by atoms with Crippen LogP contribution in [-0.4, -0.2) is 57.4 Å². The van der Waals surface area contributed by atoms with Crippen LogP contribution in [0.5, 0.6) is 0 Å². The number of pyridine rings is 2. The standard InChI is InChI=1S/C24H26N4O6S3/c1-17-15-22-21(9-12-25-24(22)28(17)37(33,34)19-5-3-2-4-6-19)23-8-7-20(16-26-23)36(31,32)27-18-10-13-35(29,30)14-11-18/h2-9,12,15-16,18,27,29-30H,10-11,13-14H2,1H3. The molecule has 5 rings (SSSR count). The minimum Gasteiger partial charge on any atom is -0.299 e. The molecule has 1 fully saturated rings. The largest absolute Gasteiger partial charge is 0.299 e. The van der Waals surface area contributed by atoms with Gasteiger partial charge in [0.1, 0.15) is 4.90 Å². The molecule has 1 saturated heterocycles. The van der Waals surface area contributed by atoms with Gasteiger partial charge in [0, 0.05) is 46.6 Å². The fraction of sp³-hybridized carbons (Fsp3) is 0.250. The lowest BCUT2D eigenvalue weighted by atomic mass is 10.1. The minimum atomic E-state index is -3.88. The zero-order valence-electron chi connectivity index (χ0n) is 19.9. The number of aromatic nitrogens is 3. The molecule has 1 aliphatic heterocycles. The second-order valence-electron chi connectivity index (χ2n) is 8.95. The molecule has 0 amide bonds. The van der Waals surface area contributed by atoms with E-state index >= 15 is 0 Å². The van der Waals surface area contributed by atoms with Crippen molar-refractivity contribution in [3.63, 3.8) is 0 Å². The number of benzene rings is 1. The summed E-state index contributed by atoms with van der Waals surface area (Å²) in [5.41, 5.74) is 1.81. The highest BCUT2D eigenvalue weighted by molar-refractivity contribution is 8.24. The molecule has 1 aliphatic rings. The molecule has 13 heteroatoms. The van der Waals surface area contributed by atoms with Crippen LogP contribution in [0.1, 0.15) is 18.5 Å². The van der Waals surface area contributed by atoms with E-state index in [-0.39, 0.29) is 33.0 Å². The Balaban J connectivity index is 1.46. The zero-order chi connectivity index (χ0) is 26.4. The topological polar surface area (TPSA) is 151 Å². The van der Waals surface area contributed by atoms with Crippen molar-refractivity contribution < 1.29 is 25.9 Å². The molecule has 0 spiro atoms. The van der Waals surface area contributed by atoms with E-state index in [0.29, 0.717) is 35.2 Å². The molecule has 4 aromatic rings. The van der Waals surface area contributed by atoms with Crippen LogP contribution in [0.25, 0.3) is 22.3 Å². The van der Waals surface area contributed by atoms with E-state index in [2.05, 4.69) is 14.7 Å². The highest BCUT2D eigenvalue weighted by Gasteiger charge is 2.28. The van der Waals surface area contributed by atoms with Crippen molar-refractivity contribution in [2.45, 2.75) is 35.6 Å². The molecule has 37 heavy (non-hydrogen) atoms. The maximum absolute atomic E-state index is 13.3. The molecule has 3 aromatic heterocycles. The van der Waals surface area contributed by atoms with Crippen molar-refractivity contribution >= 4 is 41.7 Å². The Hall–Kier alpha value is -2.81. The number of fused-ring (bicyclic) bond motifs is 1. The highest BCUT2D eigenvalue weighted by Crippen LogP contribution is 2.44. The summed E-state index contributed by atoms with van der Waals surface area (Å²) in [5.74, 6) is 0.350. The van der Waals surface area contributed by atoms with Crippen molar-refractivity contribution in [2.24, 2.45) is 0 Å². The van der Waals surface area contributed by atoms with Crippen LogP contribution in [-0.2, 0) is 20.0 Å². The summed E-state index contributed by atoms with van der Waals surface area (Å²) < 4.78 is 75.7. The van der Waals surface area contributed by atoms with Gasteiger partial charge in [-0.1, -0.05) is 18.2 Å². The molecule has 0 radical (unpaired) electrons. The SMILES string of the molecule is Cc1cc2c(-c3ccc(S(=O)(=O)NC4CCS(O)(O)CC4)cn3)ccnc2n1S(=O)(=O)c1ccccc1. The van der Waals surface area contributed by atoms with Gasteiger partial charge in [0.05, 0.1) is 10.6 Å². The van der Waals surface area contributed by atoms with E-state index in [9.17, 15) is 25.9 Å². The third-order valence-corrected chi connectivity index (χ3v) is 11.4. The molecule has 0 saturated carbocycles. The molecule has 0 atom stereocenters. The van der Waals surface area contributed by atoms with Crippen LogP contribution in [0.15, 0.2) is 76.8 Å². The predicted molar refractivity (Wildman–Crippen MR) is 143 cm³/mol. The van der Waals surface area contributed by atoms with Gasteiger partial charge in [-0.15, -0.1) is 0 Å². The first kappa shape index (κ1) is 25.8. The molecule has 196 valence electrons. The van der Waals surface area contributed by atoms with E-state index in [4.69, 9.17) is 0 Å². The Labute approximate surface area is 216 Å². The number of aryl methyl sites for hydroxylation is 1. The minimum absolute atomic E-state index is 0.0147. The lowest BCUT2D eigenvalue weighted by molar-refractivity contribution is 0.444. The summed E-state index contributed by atoms with van der Waals surface area (Å²) in [7, 11) is -10.3. The first-order chi connectivity index (χ1) is 17.5. The summed E-state index contributed by atoms with van der Waals surface area (Å²) in [4.78, 5) is 8.82. The number of sulfonamides is 1. The summed E-state index contributed by atoms with van der Waals surface area (Å²) >= 11 is 0. The lowest BCUT2D eigenvalue weighted by Crippen LogP contribution is -2.39. The Kier molecular flexibility index (Phi) is 6.63. The summed E-state index contributed by atoms with van der Waals surface area (Å²) in [6, 6.07) is 14.2. The van der Waals surface area contributed by atoms with Crippen LogP contribution in [0.3, 0.4) is 0 Å². The molecule has 3 N–H and O–H groups in total. The predicted octanol–water partition coefficient (Wildman–Crippen LogP) is 3.84. The molecule has 4 heterocycles. The van der Waals surface area contributed by atoms with Gasteiger partial charge in [0.25, 0.3) is 10.0 Å². The van der Waals surface area contributed by atoms with Crippen LogP contribution in [0.4, 0.5) is 0 Å². The van der Waals surface area contributed by atoms with Crippen molar-refractivity contribution in [3.8, 4) is 11.3 Å². The second kappa shape index (κ2) is 9.49. The number of nitrogens with zero attached hydrogens (tertiary/aromatic N) is 3. The van der Waals surface area contributed by atoms with Gasteiger partial charge < -0.3 is 0 Å². The smallest absolute Gasteiger partial charge is 0.269 e. The van der Waals surface area contributed by atoms with Crippen LogP contribution in [0, 0.1) is 6.92 Å². The van der Waals surface area contributed by atoms with Crippen molar-refractivity contribution in [1.82, 2.24) is 18.7 Å². The fourth-order valence-corrected chi connectivity index (χ4v) is 8.73. The third-order valence-electron chi connectivity index (χ3n) is 6.35. The average Bonchev–Trinajstić information content (AvgIpc) is 3.22. The Morgan fingerprint density at radius 1 is 0.946 bits per heavy atom. The highest BCUT2D eigenvalue weighted by atomic mass is 32.3. The maximum Gasteiger partial charge on any atom is 0.269 e. The van der Waals surface area contributed by atoms with Gasteiger partial charge in [0.15, 0.2) is 5.65 Å². The summed E-state index contributed by atoms with van der Waals surface area (Å²) in [6.07, 6.45) is 3.45. The molecule has 0 bridgehead atoms. The van der Waals surface area contributed by atoms with Gasteiger partial charge in [0.2, 0.25) is 10.0 Å². The number of rotatable bonds is 6. The van der Waals surface area contributed by atoms with E-state index in [1.807, 2.05) is 0 Å².